The molecular weight excluding hydrogens is 469 g/mol. The highest BCUT2D eigenvalue weighted by Crippen LogP contribution is 2.43. The fourth-order valence-corrected chi connectivity index (χ4v) is 4.05. The topological polar surface area (TPSA) is 77.6 Å². The largest absolute Gasteiger partial charge is 0.417 e. The third-order valence-electron chi connectivity index (χ3n) is 5.67. The Morgan fingerprint density at radius 1 is 1.24 bits per heavy atom. The Bertz CT molecular complexity index is 1370. The number of nitrogens with one attached hydrogen (secondary N) is 1. The monoisotopic (exact) mass is 488 g/mol. The van der Waals surface area contributed by atoms with E-state index >= 15 is 0 Å². The summed E-state index contributed by atoms with van der Waals surface area (Å²) < 4.78 is 44.1. The van der Waals surface area contributed by atoms with Gasteiger partial charge >= 0.3 is 6.18 Å². The number of aryl methyl sites for hydroxylation is 1. The van der Waals surface area contributed by atoms with Crippen molar-refractivity contribution in [3.8, 4) is 0 Å². The third kappa shape index (κ3) is 4.63. The molecule has 3 heterocycles. The molecule has 3 aromatic heterocycles. The molecule has 7 nitrogen and oxygen atoms in total. The van der Waals surface area contributed by atoms with E-state index in [2.05, 4.69) is 20.5 Å². The molecule has 0 atom stereocenters. The standard InChI is InChI=1S/C23H20ClF3N6O/c1-13-21-18(23(25,26)27)8-19(15-4-5-15)30-22(21)33(31-13)12-20(34)29-17-9-28-32(11-17)10-14-2-6-16(24)7-3-14/h2-3,6-9,11,15H,4-5,10,12H2,1H3,(H,29,34). The van der Waals surface area contributed by atoms with Crippen LogP contribution in [-0.4, -0.2) is 30.5 Å². The van der Waals surface area contributed by atoms with E-state index in [1.165, 1.54) is 17.8 Å². The number of carbonyl (C=O) groups excluding carboxylic acids is 1. The fraction of sp³-hybridized carbons (Fsp3) is 0.304. The molecule has 1 N–H and O–H groups in total. The van der Waals surface area contributed by atoms with Crippen molar-refractivity contribution in [3.05, 3.63) is 70.3 Å². The van der Waals surface area contributed by atoms with E-state index in [1.54, 1.807) is 23.0 Å². The fourth-order valence-electron chi connectivity index (χ4n) is 3.92. The zero-order chi connectivity index (χ0) is 24.0. The Kier molecular flexibility index (Phi) is 5.55. The number of halogens is 4. The van der Waals surface area contributed by atoms with Crippen LogP contribution in [0, 0.1) is 6.92 Å². The predicted molar refractivity (Wildman–Crippen MR) is 121 cm³/mol. The number of fused-ring (bicyclic) bond motifs is 1. The Morgan fingerprint density at radius 2 is 1.97 bits per heavy atom. The molecule has 0 bridgehead atoms. The van der Waals surface area contributed by atoms with Crippen molar-refractivity contribution in [1.29, 1.82) is 0 Å². The van der Waals surface area contributed by atoms with Gasteiger partial charge in [0.1, 0.15) is 6.54 Å². The zero-order valence-electron chi connectivity index (χ0n) is 18.1. The number of anilines is 1. The molecule has 34 heavy (non-hydrogen) atoms. The smallest absolute Gasteiger partial charge is 0.322 e. The van der Waals surface area contributed by atoms with E-state index in [1.807, 2.05) is 12.1 Å². The minimum atomic E-state index is -4.54. The van der Waals surface area contributed by atoms with Crippen LogP contribution in [0.15, 0.2) is 42.7 Å². The van der Waals surface area contributed by atoms with E-state index < -0.39 is 17.6 Å². The first-order valence-corrected chi connectivity index (χ1v) is 11.1. The van der Waals surface area contributed by atoms with Gasteiger partial charge in [-0.3, -0.25) is 9.48 Å². The second kappa shape index (κ2) is 8.43. The van der Waals surface area contributed by atoms with E-state index in [4.69, 9.17) is 11.6 Å². The number of pyridine rings is 1. The van der Waals surface area contributed by atoms with Gasteiger partial charge in [-0.1, -0.05) is 23.7 Å². The molecule has 1 amide bonds. The van der Waals surface area contributed by atoms with Crippen LogP contribution in [0.2, 0.25) is 5.02 Å². The van der Waals surface area contributed by atoms with Crippen LogP contribution in [-0.2, 0) is 24.1 Å². The van der Waals surface area contributed by atoms with Crippen molar-refractivity contribution in [1.82, 2.24) is 24.5 Å². The number of benzene rings is 1. The molecule has 4 aromatic rings. The summed E-state index contributed by atoms with van der Waals surface area (Å²) in [7, 11) is 0. The minimum absolute atomic E-state index is 0.0226. The molecule has 0 unspecified atom stereocenters. The molecule has 5 rings (SSSR count). The van der Waals surface area contributed by atoms with E-state index in [0.29, 0.717) is 22.9 Å². The minimum Gasteiger partial charge on any atom is -0.322 e. The lowest BCUT2D eigenvalue weighted by atomic mass is 10.1. The predicted octanol–water partition coefficient (Wildman–Crippen LogP) is 5.17. The van der Waals surface area contributed by atoms with Crippen LogP contribution < -0.4 is 5.32 Å². The second-order valence-electron chi connectivity index (χ2n) is 8.41. The zero-order valence-corrected chi connectivity index (χ0v) is 18.9. The molecule has 0 aliphatic heterocycles. The summed E-state index contributed by atoms with van der Waals surface area (Å²) >= 11 is 5.90. The highest BCUT2D eigenvalue weighted by Gasteiger charge is 2.37. The van der Waals surface area contributed by atoms with Gasteiger partial charge in [0.2, 0.25) is 5.91 Å². The van der Waals surface area contributed by atoms with E-state index in [9.17, 15) is 18.0 Å². The quantitative estimate of drug-likeness (QED) is 0.406. The van der Waals surface area contributed by atoms with Crippen LogP contribution in [0.4, 0.5) is 18.9 Å². The lowest BCUT2D eigenvalue weighted by Gasteiger charge is -2.11. The molecular formula is C23H20ClF3N6O. The second-order valence-corrected chi connectivity index (χ2v) is 8.85. The maximum absolute atomic E-state index is 13.7. The van der Waals surface area contributed by atoms with Crippen molar-refractivity contribution in [3.63, 3.8) is 0 Å². The Labute approximate surface area is 197 Å². The van der Waals surface area contributed by atoms with Gasteiger partial charge in [0.25, 0.3) is 0 Å². The van der Waals surface area contributed by atoms with Crippen LogP contribution in [0.25, 0.3) is 11.0 Å². The Balaban J connectivity index is 1.35. The van der Waals surface area contributed by atoms with Crippen LogP contribution >= 0.6 is 11.6 Å². The number of amides is 1. The highest BCUT2D eigenvalue weighted by atomic mass is 35.5. The molecule has 1 fully saturated rings. The van der Waals surface area contributed by atoms with Gasteiger partial charge in [0.15, 0.2) is 5.65 Å². The number of rotatable bonds is 6. The first-order valence-electron chi connectivity index (χ1n) is 10.7. The Hall–Kier alpha value is -3.40. The maximum atomic E-state index is 13.7. The van der Waals surface area contributed by atoms with Gasteiger partial charge in [-0.2, -0.15) is 23.4 Å². The van der Waals surface area contributed by atoms with Gasteiger partial charge in [-0.15, -0.1) is 0 Å². The number of hydrogen-bond donors (Lipinski definition) is 1. The van der Waals surface area contributed by atoms with Gasteiger partial charge < -0.3 is 5.32 Å². The average molecular weight is 489 g/mol. The maximum Gasteiger partial charge on any atom is 0.417 e. The normalized spacial score (nSPS) is 14.0. The van der Waals surface area contributed by atoms with Crippen molar-refractivity contribution in [2.45, 2.75) is 44.9 Å². The van der Waals surface area contributed by atoms with Crippen molar-refractivity contribution >= 4 is 34.2 Å². The number of nitrogens with zero attached hydrogens (tertiary/aromatic N) is 5. The molecule has 0 spiro atoms. The summed E-state index contributed by atoms with van der Waals surface area (Å²) in [6.07, 6.45) is 0.257. The van der Waals surface area contributed by atoms with Crippen molar-refractivity contribution in [2.75, 3.05) is 5.32 Å². The molecule has 0 radical (unpaired) electrons. The highest BCUT2D eigenvalue weighted by molar-refractivity contribution is 6.30. The van der Waals surface area contributed by atoms with Gasteiger partial charge in [-0.25, -0.2) is 9.67 Å². The number of alkyl halides is 3. The van der Waals surface area contributed by atoms with Crippen LogP contribution in [0.1, 0.15) is 41.3 Å². The number of aromatic nitrogens is 5. The lowest BCUT2D eigenvalue weighted by molar-refractivity contribution is -0.136. The van der Waals surface area contributed by atoms with E-state index in [-0.39, 0.29) is 29.2 Å². The first-order chi connectivity index (χ1) is 16.2. The van der Waals surface area contributed by atoms with Crippen LogP contribution in [0.5, 0.6) is 0 Å². The van der Waals surface area contributed by atoms with Crippen molar-refractivity contribution in [2.24, 2.45) is 0 Å². The molecule has 176 valence electrons. The Morgan fingerprint density at radius 3 is 2.65 bits per heavy atom. The summed E-state index contributed by atoms with van der Waals surface area (Å²) in [5.74, 6) is -0.419. The molecule has 11 heteroatoms. The number of carbonyl (C=O) groups is 1. The van der Waals surface area contributed by atoms with Crippen LogP contribution in [0.3, 0.4) is 0 Å². The molecule has 1 aliphatic rings. The van der Waals surface area contributed by atoms with E-state index in [0.717, 1.165) is 24.5 Å². The average Bonchev–Trinajstić information content (AvgIpc) is 3.47. The molecule has 1 aliphatic carbocycles. The summed E-state index contributed by atoms with van der Waals surface area (Å²) in [4.78, 5) is 17.1. The molecule has 0 saturated heterocycles. The van der Waals surface area contributed by atoms with Gasteiger partial charge in [0.05, 0.1) is 35.1 Å². The number of hydrogen-bond acceptors (Lipinski definition) is 4. The van der Waals surface area contributed by atoms with Gasteiger partial charge in [0, 0.05) is 22.8 Å². The van der Waals surface area contributed by atoms with Gasteiger partial charge in [-0.05, 0) is 43.5 Å². The third-order valence-corrected chi connectivity index (χ3v) is 5.92. The summed E-state index contributed by atoms with van der Waals surface area (Å²) in [6, 6.07) is 8.45. The summed E-state index contributed by atoms with van der Waals surface area (Å²) in [5.41, 5.74) is 1.34. The summed E-state index contributed by atoms with van der Waals surface area (Å²) in [5, 5.41) is 11.7. The lowest BCUT2D eigenvalue weighted by Crippen LogP contribution is -2.20. The molecule has 1 saturated carbocycles. The first kappa shape index (κ1) is 22.4. The molecule has 1 aromatic carbocycles. The summed E-state index contributed by atoms with van der Waals surface area (Å²) in [6.45, 7) is 1.71. The van der Waals surface area contributed by atoms with Crippen molar-refractivity contribution < 1.29 is 18.0 Å². The SMILES string of the molecule is Cc1nn(CC(=O)Nc2cnn(Cc3ccc(Cl)cc3)c2)c2nc(C3CC3)cc(C(F)(F)F)c12.